The average molecular weight is 336 g/mol. The fourth-order valence-electron chi connectivity index (χ4n) is 2.07. The Morgan fingerprint density at radius 3 is 2.04 bits per heavy atom. The maximum atomic E-state index is 12.4. The van der Waals surface area contributed by atoms with Gasteiger partial charge in [-0.1, -0.05) is 36.4 Å². The Hall–Kier alpha value is -2.83. The van der Waals surface area contributed by atoms with E-state index in [0.29, 0.717) is 0 Å². The maximum Gasteiger partial charge on any atom is 0.471 e. The van der Waals surface area contributed by atoms with E-state index in [4.69, 9.17) is 0 Å². The molecule has 0 aliphatic carbocycles. The fourth-order valence-corrected chi connectivity index (χ4v) is 2.07. The molecule has 0 saturated heterocycles. The lowest BCUT2D eigenvalue weighted by Crippen LogP contribution is -2.30. The van der Waals surface area contributed by atoms with Crippen LogP contribution in [0.1, 0.15) is 11.1 Å². The Morgan fingerprint density at radius 1 is 0.917 bits per heavy atom. The van der Waals surface area contributed by atoms with Crippen molar-refractivity contribution in [2.45, 2.75) is 19.5 Å². The molecule has 0 unspecified atom stereocenters. The summed E-state index contributed by atoms with van der Waals surface area (Å²) in [5.74, 6) is -2.49. The van der Waals surface area contributed by atoms with E-state index in [2.05, 4.69) is 5.32 Å². The van der Waals surface area contributed by atoms with Gasteiger partial charge in [-0.15, -0.1) is 0 Å². The van der Waals surface area contributed by atoms with Crippen molar-refractivity contribution in [2.24, 2.45) is 0 Å². The second-order valence-corrected chi connectivity index (χ2v) is 5.15. The number of anilines is 2. The summed E-state index contributed by atoms with van der Waals surface area (Å²) in [5.41, 5.74) is 1.74. The van der Waals surface area contributed by atoms with E-state index < -0.39 is 18.0 Å². The summed E-state index contributed by atoms with van der Waals surface area (Å²) in [6.45, 7) is 1.86. The molecule has 126 valence electrons. The number of alkyl halides is 3. The lowest BCUT2D eigenvalue weighted by atomic mass is 10.1. The van der Waals surface area contributed by atoms with Crippen LogP contribution in [0.5, 0.6) is 0 Å². The van der Waals surface area contributed by atoms with Gasteiger partial charge in [-0.05, 0) is 30.2 Å². The van der Waals surface area contributed by atoms with Crippen molar-refractivity contribution in [3.05, 3.63) is 59.7 Å². The van der Waals surface area contributed by atoms with Gasteiger partial charge in [0.15, 0.2) is 0 Å². The minimum absolute atomic E-state index is 0.0776. The highest BCUT2D eigenvalue weighted by atomic mass is 19.4. The van der Waals surface area contributed by atoms with E-state index in [-0.39, 0.29) is 17.8 Å². The first kappa shape index (κ1) is 17.5. The zero-order valence-electron chi connectivity index (χ0n) is 12.8. The normalized spacial score (nSPS) is 11.0. The molecule has 0 spiro atoms. The van der Waals surface area contributed by atoms with Crippen LogP contribution in [0.4, 0.5) is 24.5 Å². The molecule has 2 amide bonds. The van der Waals surface area contributed by atoms with Crippen LogP contribution in [0.15, 0.2) is 48.5 Å². The predicted octanol–water partition coefficient (Wildman–Crippen LogP) is 3.68. The third kappa shape index (κ3) is 4.58. The highest BCUT2D eigenvalue weighted by Crippen LogP contribution is 2.24. The molecule has 7 heteroatoms. The quantitative estimate of drug-likeness (QED) is 0.895. The van der Waals surface area contributed by atoms with E-state index in [1.165, 1.54) is 18.2 Å². The summed E-state index contributed by atoms with van der Waals surface area (Å²) < 4.78 is 37.1. The lowest BCUT2D eigenvalue weighted by molar-refractivity contribution is -0.167. The Kier molecular flexibility index (Phi) is 5.23. The summed E-state index contributed by atoms with van der Waals surface area (Å²) in [6.07, 6.45) is -4.92. The van der Waals surface area contributed by atoms with E-state index in [9.17, 15) is 22.8 Å². The van der Waals surface area contributed by atoms with E-state index in [1.54, 1.807) is 23.5 Å². The number of halogens is 3. The summed E-state index contributed by atoms with van der Waals surface area (Å²) >= 11 is 0. The first-order valence-electron chi connectivity index (χ1n) is 7.09. The minimum Gasteiger partial charge on any atom is -0.324 e. The summed E-state index contributed by atoms with van der Waals surface area (Å²) in [4.78, 5) is 23.2. The van der Waals surface area contributed by atoms with Gasteiger partial charge in [-0.3, -0.25) is 9.59 Å². The van der Waals surface area contributed by atoms with Gasteiger partial charge in [0, 0.05) is 0 Å². The van der Waals surface area contributed by atoms with Crippen molar-refractivity contribution in [3.63, 3.8) is 0 Å². The van der Waals surface area contributed by atoms with Crippen molar-refractivity contribution in [3.8, 4) is 0 Å². The van der Waals surface area contributed by atoms with Gasteiger partial charge in [0.05, 0.1) is 17.8 Å². The number of carbonyl (C=O) groups excluding carboxylic acids is 2. The molecule has 0 fully saturated rings. The zero-order chi connectivity index (χ0) is 17.7. The largest absolute Gasteiger partial charge is 0.471 e. The van der Waals surface area contributed by atoms with Crippen LogP contribution < -0.4 is 10.6 Å². The zero-order valence-corrected chi connectivity index (χ0v) is 12.8. The molecule has 2 aromatic carbocycles. The molecule has 0 bridgehead atoms. The van der Waals surface area contributed by atoms with E-state index in [1.807, 2.05) is 19.1 Å². The van der Waals surface area contributed by atoms with Crippen LogP contribution in [0, 0.1) is 6.92 Å². The van der Waals surface area contributed by atoms with Gasteiger partial charge < -0.3 is 10.6 Å². The number of nitrogens with one attached hydrogen (secondary N) is 2. The highest BCUT2D eigenvalue weighted by Gasteiger charge is 2.39. The summed E-state index contributed by atoms with van der Waals surface area (Å²) in [5, 5.41) is 4.27. The molecule has 2 N–H and O–H groups in total. The first-order valence-corrected chi connectivity index (χ1v) is 7.09. The van der Waals surface area contributed by atoms with E-state index >= 15 is 0 Å². The number of rotatable bonds is 4. The molecule has 2 aromatic rings. The SMILES string of the molecule is Cc1ccccc1CC(=O)Nc1ccccc1NC(=O)C(F)(F)F. The number of amides is 2. The Bertz CT molecular complexity index is 757. The van der Waals surface area contributed by atoms with Gasteiger partial charge in [0.25, 0.3) is 0 Å². The fraction of sp³-hybridized carbons (Fsp3) is 0.176. The second kappa shape index (κ2) is 7.16. The molecular weight excluding hydrogens is 321 g/mol. The molecule has 0 aliphatic heterocycles. The Labute approximate surface area is 136 Å². The van der Waals surface area contributed by atoms with Crippen LogP contribution in [-0.4, -0.2) is 18.0 Å². The van der Waals surface area contributed by atoms with Crippen molar-refractivity contribution < 1.29 is 22.8 Å². The molecule has 24 heavy (non-hydrogen) atoms. The van der Waals surface area contributed by atoms with Gasteiger partial charge in [-0.25, -0.2) is 0 Å². The third-order valence-corrected chi connectivity index (χ3v) is 3.32. The summed E-state index contributed by atoms with van der Waals surface area (Å²) in [7, 11) is 0. The molecular formula is C17H15F3N2O2. The maximum absolute atomic E-state index is 12.4. The van der Waals surface area contributed by atoms with Crippen molar-refractivity contribution in [1.29, 1.82) is 0 Å². The van der Waals surface area contributed by atoms with Crippen LogP contribution in [0.3, 0.4) is 0 Å². The van der Waals surface area contributed by atoms with Crippen LogP contribution >= 0.6 is 0 Å². The van der Waals surface area contributed by atoms with Gasteiger partial charge in [0.2, 0.25) is 5.91 Å². The molecule has 0 aliphatic rings. The predicted molar refractivity (Wildman–Crippen MR) is 84.6 cm³/mol. The van der Waals surface area contributed by atoms with Gasteiger partial charge in [0.1, 0.15) is 0 Å². The first-order chi connectivity index (χ1) is 11.3. The number of hydrogen-bond acceptors (Lipinski definition) is 2. The standard InChI is InChI=1S/C17H15F3N2O2/c1-11-6-2-3-7-12(11)10-15(23)21-13-8-4-5-9-14(13)22-16(24)17(18,19)20/h2-9H,10H2,1H3,(H,21,23)(H,22,24). The molecule has 0 heterocycles. The van der Waals surface area contributed by atoms with E-state index in [0.717, 1.165) is 11.1 Å². The van der Waals surface area contributed by atoms with Crippen LogP contribution in [-0.2, 0) is 16.0 Å². The summed E-state index contributed by atoms with van der Waals surface area (Å²) in [6, 6.07) is 13.0. The number of aryl methyl sites for hydroxylation is 1. The molecule has 0 radical (unpaired) electrons. The minimum atomic E-state index is -5.00. The second-order valence-electron chi connectivity index (χ2n) is 5.15. The smallest absolute Gasteiger partial charge is 0.324 e. The third-order valence-electron chi connectivity index (χ3n) is 3.32. The lowest BCUT2D eigenvalue weighted by Gasteiger charge is -2.13. The Morgan fingerprint density at radius 2 is 1.46 bits per heavy atom. The van der Waals surface area contributed by atoms with Crippen molar-refractivity contribution >= 4 is 23.2 Å². The van der Waals surface area contributed by atoms with Gasteiger partial charge >= 0.3 is 12.1 Å². The average Bonchev–Trinajstić information content (AvgIpc) is 2.50. The monoisotopic (exact) mass is 336 g/mol. The molecule has 2 rings (SSSR count). The Balaban J connectivity index is 2.11. The molecule has 0 aromatic heterocycles. The van der Waals surface area contributed by atoms with Crippen molar-refractivity contribution in [1.82, 2.24) is 0 Å². The molecule has 0 saturated carbocycles. The highest BCUT2D eigenvalue weighted by molar-refractivity contribution is 6.01. The van der Waals surface area contributed by atoms with Crippen LogP contribution in [0.2, 0.25) is 0 Å². The number of para-hydroxylation sites is 2. The number of hydrogen-bond donors (Lipinski definition) is 2. The van der Waals surface area contributed by atoms with Crippen LogP contribution in [0.25, 0.3) is 0 Å². The topological polar surface area (TPSA) is 58.2 Å². The number of benzene rings is 2. The molecule has 4 nitrogen and oxygen atoms in total. The molecule has 0 atom stereocenters. The van der Waals surface area contributed by atoms with Gasteiger partial charge in [-0.2, -0.15) is 13.2 Å². The van der Waals surface area contributed by atoms with Crippen molar-refractivity contribution in [2.75, 3.05) is 10.6 Å². The number of carbonyl (C=O) groups is 2.